The van der Waals surface area contributed by atoms with Crippen molar-refractivity contribution in [1.29, 1.82) is 0 Å². The van der Waals surface area contributed by atoms with Crippen molar-refractivity contribution in [2.24, 2.45) is 0 Å². The van der Waals surface area contributed by atoms with E-state index in [1.165, 1.54) is 39.7 Å². The maximum atomic E-state index is 12.1. The van der Waals surface area contributed by atoms with E-state index in [1.807, 2.05) is 29.6 Å². The summed E-state index contributed by atoms with van der Waals surface area (Å²) in [6.45, 7) is 0.421. The molecule has 5 nitrogen and oxygen atoms in total. The van der Waals surface area contributed by atoms with E-state index in [0.29, 0.717) is 0 Å². The average molecular weight is 429 g/mol. The van der Waals surface area contributed by atoms with Gasteiger partial charge >= 0.3 is 12.1 Å². The van der Waals surface area contributed by atoms with Gasteiger partial charge in [-0.3, -0.25) is 0 Å². The van der Waals surface area contributed by atoms with Crippen LogP contribution in [0.2, 0.25) is 0 Å². The van der Waals surface area contributed by atoms with Crippen molar-refractivity contribution in [2.75, 3.05) is 13.2 Å². The number of rotatable bonds is 5. The molecule has 0 atom stereocenters. The van der Waals surface area contributed by atoms with Gasteiger partial charge in [-0.25, -0.2) is 9.59 Å². The number of nitrogens with one attached hydrogen (secondary N) is 1. The Labute approximate surface area is 184 Å². The van der Waals surface area contributed by atoms with E-state index in [2.05, 4.69) is 41.4 Å². The van der Waals surface area contributed by atoms with Crippen LogP contribution in [0.3, 0.4) is 0 Å². The van der Waals surface area contributed by atoms with E-state index in [4.69, 9.17) is 9.84 Å². The highest BCUT2D eigenvalue weighted by molar-refractivity contribution is 7.11. The summed E-state index contributed by atoms with van der Waals surface area (Å²) in [7, 11) is 0. The highest BCUT2D eigenvalue weighted by Crippen LogP contribution is 2.44. The summed E-state index contributed by atoms with van der Waals surface area (Å²) in [5.41, 5.74) is 5.48. The molecule has 3 aromatic rings. The van der Waals surface area contributed by atoms with Crippen molar-refractivity contribution in [1.82, 2.24) is 5.32 Å². The lowest BCUT2D eigenvalue weighted by atomic mass is 9.98. The summed E-state index contributed by atoms with van der Waals surface area (Å²) < 4.78 is 5.47. The van der Waals surface area contributed by atoms with Crippen molar-refractivity contribution in [3.05, 3.63) is 87.6 Å². The first kappa shape index (κ1) is 20.5. The molecule has 31 heavy (non-hydrogen) atoms. The third-order valence-corrected chi connectivity index (χ3v) is 5.81. The van der Waals surface area contributed by atoms with E-state index in [9.17, 15) is 9.59 Å². The first-order valence-electron chi connectivity index (χ1n) is 9.69. The largest absolute Gasteiger partial charge is 0.478 e. The molecule has 1 aliphatic carbocycles. The molecule has 1 aromatic heterocycles. The minimum absolute atomic E-state index is 0.0207. The summed E-state index contributed by atoms with van der Waals surface area (Å²) in [6, 6.07) is 18.2. The molecule has 0 saturated heterocycles. The third kappa shape index (κ3) is 4.85. The van der Waals surface area contributed by atoms with E-state index in [-0.39, 0.29) is 19.1 Å². The van der Waals surface area contributed by atoms with Gasteiger partial charge in [0, 0.05) is 27.8 Å². The molecule has 2 aromatic carbocycles. The third-order valence-electron chi connectivity index (χ3n) is 4.91. The van der Waals surface area contributed by atoms with Crippen molar-refractivity contribution in [3.63, 3.8) is 0 Å². The molecule has 0 spiro atoms. The fraction of sp³-hybridized carbons (Fsp3) is 0.120. The Kier molecular flexibility index (Phi) is 6.16. The number of carbonyl (C=O) groups excluding carboxylic acids is 1. The monoisotopic (exact) mass is 429 g/mol. The number of amides is 1. The molecule has 2 N–H and O–H groups in total. The minimum atomic E-state index is -0.992. The zero-order valence-corrected chi connectivity index (χ0v) is 17.3. The Morgan fingerprint density at radius 2 is 1.77 bits per heavy atom. The number of thiophene rings is 1. The smallest absolute Gasteiger partial charge is 0.407 e. The van der Waals surface area contributed by atoms with Crippen LogP contribution < -0.4 is 5.32 Å². The van der Waals surface area contributed by atoms with Gasteiger partial charge in [0.15, 0.2) is 0 Å². The predicted octanol–water partition coefficient (Wildman–Crippen LogP) is 4.74. The van der Waals surface area contributed by atoms with Crippen molar-refractivity contribution in [3.8, 4) is 23.0 Å². The van der Waals surface area contributed by atoms with E-state index in [1.54, 1.807) is 6.07 Å². The first-order valence-corrected chi connectivity index (χ1v) is 10.6. The van der Waals surface area contributed by atoms with Crippen LogP contribution in [-0.2, 0) is 9.53 Å². The summed E-state index contributed by atoms with van der Waals surface area (Å²) in [5.74, 6) is 4.84. The van der Waals surface area contributed by atoms with Crippen LogP contribution in [0.4, 0.5) is 4.79 Å². The molecule has 1 aliphatic rings. The number of alkyl carbamates (subject to hydrolysis) is 1. The summed E-state index contributed by atoms with van der Waals surface area (Å²) in [4.78, 5) is 23.5. The Balaban J connectivity index is 1.30. The number of hydrogen-bond donors (Lipinski definition) is 2. The second-order valence-electron chi connectivity index (χ2n) is 6.89. The lowest BCUT2D eigenvalue weighted by Crippen LogP contribution is -2.26. The Hall–Kier alpha value is -3.82. The molecule has 0 saturated carbocycles. The van der Waals surface area contributed by atoms with Gasteiger partial charge in [0.2, 0.25) is 0 Å². The molecule has 4 rings (SSSR count). The van der Waals surface area contributed by atoms with Gasteiger partial charge in [-0.05, 0) is 34.4 Å². The summed E-state index contributed by atoms with van der Waals surface area (Å²) in [6.07, 6.45) is 2.10. The van der Waals surface area contributed by atoms with Gasteiger partial charge in [0.25, 0.3) is 0 Å². The molecular formula is C25H19NO4S. The van der Waals surface area contributed by atoms with Crippen LogP contribution in [0.15, 0.2) is 66.1 Å². The number of carbonyl (C=O) groups is 2. The van der Waals surface area contributed by atoms with Gasteiger partial charge < -0.3 is 15.2 Å². The Morgan fingerprint density at radius 3 is 2.45 bits per heavy atom. The van der Waals surface area contributed by atoms with Gasteiger partial charge in [-0.2, -0.15) is 0 Å². The highest BCUT2D eigenvalue weighted by atomic mass is 32.1. The van der Waals surface area contributed by atoms with Crippen LogP contribution in [-0.4, -0.2) is 30.3 Å². The van der Waals surface area contributed by atoms with Gasteiger partial charge in [0.05, 0.1) is 6.54 Å². The van der Waals surface area contributed by atoms with Crippen LogP contribution in [0.25, 0.3) is 17.2 Å². The normalized spacial score (nSPS) is 12.0. The van der Waals surface area contributed by atoms with Crippen LogP contribution in [0.1, 0.15) is 27.5 Å². The lowest BCUT2D eigenvalue weighted by molar-refractivity contribution is -0.131. The number of carboxylic acids is 1. The predicted molar refractivity (Wildman–Crippen MR) is 121 cm³/mol. The SMILES string of the molecule is O=C(O)/C=C/c1cc(C#CCNC(=O)OCC2c3ccccc3-c3ccccc32)cs1. The van der Waals surface area contributed by atoms with Crippen molar-refractivity contribution in [2.45, 2.75) is 5.92 Å². The average Bonchev–Trinajstić information content (AvgIpc) is 3.36. The zero-order chi connectivity index (χ0) is 21.6. The number of benzene rings is 2. The molecule has 0 fully saturated rings. The summed E-state index contributed by atoms with van der Waals surface area (Å²) in [5, 5.41) is 13.1. The molecule has 0 radical (unpaired) electrons. The van der Waals surface area contributed by atoms with Gasteiger partial charge in [-0.15, -0.1) is 11.3 Å². The zero-order valence-electron chi connectivity index (χ0n) is 16.5. The minimum Gasteiger partial charge on any atom is -0.478 e. The molecule has 1 amide bonds. The molecule has 0 aliphatic heterocycles. The second-order valence-corrected chi connectivity index (χ2v) is 7.83. The molecule has 154 valence electrons. The van der Waals surface area contributed by atoms with Gasteiger partial charge in [-0.1, -0.05) is 60.4 Å². The Morgan fingerprint density at radius 1 is 1.10 bits per heavy atom. The fourth-order valence-corrected chi connectivity index (χ4v) is 4.30. The van der Waals surface area contributed by atoms with Crippen LogP contribution >= 0.6 is 11.3 Å². The van der Waals surface area contributed by atoms with Gasteiger partial charge in [0.1, 0.15) is 6.61 Å². The first-order chi connectivity index (χ1) is 15.1. The number of hydrogen-bond acceptors (Lipinski definition) is 4. The number of aliphatic carboxylic acids is 1. The number of carboxylic acid groups (broad SMARTS) is 1. The summed E-state index contributed by atoms with van der Waals surface area (Å²) >= 11 is 1.40. The second kappa shape index (κ2) is 9.33. The van der Waals surface area contributed by atoms with Crippen LogP contribution in [0.5, 0.6) is 0 Å². The van der Waals surface area contributed by atoms with Crippen LogP contribution in [0, 0.1) is 11.8 Å². The van der Waals surface area contributed by atoms with E-state index in [0.717, 1.165) is 16.5 Å². The lowest BCUT2D eigenvalue weighted by Gasteiger charge is -2.14. The van der Waals surface area contributed by atoms with E-state index < -0.39 is 12.1 Å². The topological polar surface area (TPSA) is 75.6 Å². The number of fused-ring (bicyclic) bond motifs is 3. The maximum absolute atomic E-state index is 12.1. The van der Waals surface area contributed by atoms with Crippen molar-refractivity contribution >= 4 is 29.5 Å². The number of ether oxygens (including phenoxy) is 1. The molecule has 0 unspecified atom stereocenters. The standard InChI is InChI=1S/C25H19NO4S/c27-24(28)12-11-18-14-17(16-31-18)6-5-13-26-25(29)30-15-23-21-9-3-1-7-19(21)20-8-2-4-10-22(20)23/h1-4,7-12,14,16,23H,13,15H2,(H,26,29)(H,27,28)/b12-11+. The molecular weight excluding hydrogens is 410 g/mol. The fourth-order valence-electron chi connectivity index (χ4n) is 3.57. The maximum Gasteiger partial charge on any atom is 0.407 e. The molecule has 6 heteroatoms. The highest BCUT2D eigenvalue weighted by Gasteiger charge is 2.28. The molecule has 1 heterocycles. The quantitative estimate of drug-likeness (QED) is 0.454. The van der Waals surface area contributed by atoms with Crippen molar-refractivity contribution < 1.29 is 19.4 Å². The van der Waals surface area contributed by atoms with E-state index >= 15 is 0 Å². The molecule has 0 bridgehead atoms. The Bertz CT molecular complexity index is 1170.